The summed E-state index contributed by atoms with van der Waals surface area (Å²) in [5.41, 5.74) is 5.25. The average Bonchev–Trinajstić information content (AvgIpc) is 1.82. The Balaban J connectivity index is 4.25. The smallest absolute Gasteiger partial charge is 0.266 e. The molecular weight excluding hydrogens is 180 g/mol. The molecule has 0 aromatic rings. The molecule has 12 heavy (non-hydrogen) atoms. The van der Waals surface area contributed by atoms with Crippen LogP contribution in [0.1, 0.15) is 6.92 Å². The van der Waals surface area contributed by atoms with Gasteiger partial charge < -0.3 is 5.73 Å². The van der Waals surface area contributed by atoms with Crippen LogP contribution in [0.4, 0.5) is 0 Å². The van der Waals surface area contributed by atoms with Crippen LogP contribution in [0.2, 0.25) is 0 Å². The van der Waals surface area contributed by atoms with Crippen LogP contribution in [0, 0.1) is 0 Å². The highest BCUT2D eigenvalue weighted by molar-refractivity contribution is 7.85. The first-order valence-electron chi connectivity index (χ1n) is 3.26. The van der Waals surface area contributed by atoms with Crippen molar-refractivity contribution in [2.24, 2.45) is 10.7 Å². The molecule has 1 atom stereocenters. The molecule has 0 amide bonds. The van der Waals surface area contributed by atoms with Gasteiger partial charge in [-0.15, -0.1) is 0 Å². The molecule has 0 aromatic carbocycles. The standard InChI is InChI=1S/C6H12N2O3S/c1-3-6(7)8-5(2)4-12(9,10)11/h3,5H,1,4H2,2H3,(H2,7,8)(H,9,10,11). The van der Waals surface area contributed by atoms with E-state index in [4.69, 9.17) is 10.3 Å². The molecule has 1 unspecified atom stereocenters. The largest absolute Gasteiger partial charge is 0.384 e. The van der Waals surface area contributed by atoms with Crippen molar-refractivity contribution in [1.29, 1.82) is 0 Å². The van der Waals surface area contributed by atoms with Crippen molar-refractivity contribution in [3.63, 3.8) is 0 Å². The van der Waals surface area contributed by atoms with Gasteiger partial charge in [-0.2, -0.15) is 8.42 Å². The Labute approximate surface area is 71.7 Å². The maximum Gasteiger partial charge on any atom is 0.266 e. The summed E-state index contributed by atoms with van der Waals surface area (Å²) >= 11 is 0. The third-order valence-corrected chi connectivity index (χ3v) is 1.93. The summed E-state index contributed by atoms with van der Waals surface area (Å²) in [6.07, 6.45) is 1.31. The van der Waals surface area contributed by atoms with Gasteiger partial charge in [0.2, 0.25) is 0 Å². The molecule has 0 aliphatic rings. The van der Waals surface area contributed by atoms with Crippen molar-refractivity contribution in [2.75, 3.05) is 5.75 Å². The Kier molecular flexibility index (Phi) is 3.91. The average molecular weight is 192 g/mol. The lowest BCUT2D eigenvalue weighted by atomic mass is 10.4. The zero-order valence-electron chi connectivity index (χ0n) is 6.77. The summed E-state index contributed by atoms with van der Waals surface area (Å²) in [6, 6.07) is -0.557. The summed E-state index contributed by atoms with van der Waals surface area (Å²) in [6.45, 7) is 4.87. The first-order chi connectivity index (χ1) is 5.35. The molecule has 0 aliphatic carbocycles. The number of aliphatic imine (C=N–C) groups is 1. The molecule has 0 radical (unpaired) electrons. The number of hydrogen-bond donors (Lipinski definition) is 2. The van der Waals surface area contributed by atoms with Gasteiger partial charge in [0.25, 0.3) is 10.1 Å². The van der Waals surface area contributed by atoms with Gasteiger partial charge in [-0.25, -0.2) is 0 Å². The fourth-order valence-corrected chi connectivity index (χ4v) is 1.33. The Bertz CT molecular complexity index is 281. The van der Waals surface area contributed by atoms with Crippen molar-refractivity contribution in [3.8, 4) is 0 Å². The number of nitrogens with zero attached hydrogens (tertiary/aromatic N) is 1. The Morgan fingerprint density at radius 3 is 2.67 bits per heavy atom. The zero-order chi connectivity index (χ0) is 9.78. The molecular formula is C6H12N2O3S. The number of amidine groups is 1. The monoisotopic (exact) mass is 192 g/mol. The fourth-order valence-electron chi connectivity index (χ4n) is 0.649. The normalized spacial score (nSPS) is 15.7. The number of rotatable bonds is 4. The van der Waals surface area contributed by atoms with Crippen molar-refractivity contribution in [3.05, 3.63) is 12.7 Å². The van der Waals surface area contributed by atoms with Gasteiger partial charge in [-0.1, -0.05) is 6.58 Å². The van der Waals surface area contributed by atoms with Crippen molar-refractivity contribution < 1.29 is 13.0 Å². The molecule has 0 spiro atoms. The summed E-state index contributed by atoms with van der Waals surface area (Å²) in [5, 5.41) is 0. The van der Waals surface area contributed by atoms with E-state index >= 15 is 0 Å². The lowest BCUT2D eigenvalue weighted by Gasteiger charge is -2.03. The molecule has 0 saturated carbocycles. The van der Waals surface area contributed by atoms with E-state index in [0.29, 0.717) is 0 Å². The maximum absolute atomic E-state index is 10.3. The third kappa shape index (κ3) is 5.87. The summed E-state index contributed by atoms with van der Waals surface area (Å²) in [5.74, 6) is -0.271. The lowest BCUT2D eigenvalue weighted by Crippen LogP contribution is -2.19. The van der Waals surface area contributed by atoms with Crippen molar-refractivity contribution >= 4 is 16.0 Å². The van der Waals surface area contributed by atoms with Gasteiger partial charge in [0.05, 0.1) is 11.8 Å². The molecule has 6 heteroatoms. The highest BCUT2D eigenvalue weighted by Gasteiger charge is 2.10. The van der Waals surface area contributed by atoms with Crippen molar-refractivity contribution in [1.82, 2.24) is 0 Å². The molecule has 5 nitrogen and oxygen atoms in total. The highest BCUT2D eigenvalue weighted by atomic mass is 32.2. The molecule has 0 saturated heterocycles. The predicted molar refractivity (Wildman–Crippen MR) is 47.7 cm³/mol. The first kappa shape index (κ1) is 11.1. The number of hydrogen-bond acceptors (Lipinski definition) is 3. The van der Waals surface area contributed by atoms with Crippen molar-refractivity contribution in [2.45, 2.75) is 13.0 Å². The van der Waals surface area contributed by atoms with E-state index in [1.54, 1.807) is 0 Å². The van der Waals surface area contributed by atoms with Crippen LogP contribution in [0.3, 0.4) is 0 Å². The van der Waals surface area contributed by atoms with E-state index in [9.17, 15) is 8.42 Å². The first-order valence-corrected chi connectivity index (χ1v) is 4.87. The van der Waals surface area contributed by atoms with E-state index in [-0.39, 0.29) is 5.84 Å². The van der Waals surface area contributed by atoms with Crippen LogP contribution >= 0.6 is 0 Å². The second-order valence-electron chi connectivity index (χ2n) is 2.36. The van der Waals surface area contributed by atoms with Gasteiger partial charge in [-0.3, -0.25) is 9.55 Å². The molecule has 0 rings (SSSR count). The minimum Gasteiger partial charge on any atom is -0.384 e. The lowest BCUT2D eigenvalue weighted by molar-refractivity contribution is 0.479. The van der Waals surface area contributed by atoms with Gasteiger partial charge in [0, 0.05) is 0 Å². The Morgan fingerprint density at radius 2 is 2.33 bits per heavy atom. The fraction of sp³-hybridized carbons (Fsp3) is 0.500. The second-order valence-corrected chi connectivity index (χ2v) is 3.85. The maximum atomic E-state index is 10.3. The summed E-state index contributed by atoms with van der Waals surface area (Å²) < 4.78 is 29.1. The third-order valence-electron chi connectivity index (χ3n) is 1.03. The van der Waals surface area contributed by atoms with Gasteiger partial charge >= 0.3 is 0 Å². The molecule has 0 fully saturated rings. The van der Waals surface area contributed by atoms with E-state index < -0.39 is 21.9 Å². The molecule has 0 bridgehead atoms. The van der Waals surface area contributed by atoms with Gasteiger partial charge in [0.1, 0.15) is 5.84 Å². The van der Waals surface area contributed by atoms with Crippen LogP contribution in [0.15, 0.2) is 17.6 Å². The van der Waals surface area contributed by atoms with E-state index in [2.05, 4.69) is 11.6 Å². The zero-order valence-corrected chi connectivity index (χ0v) is 7.58. The van der Waals surface area contributed by atoms with E-state index in [0.717, 1.165) is 0 Å². The molecule has 3 N–H and O–H groups in total. The van der Waals surface area contributed by atoms with Gasteiger partial charge in [0.15, 0.2) is 0 Å². The molecule has 0 aromatic heterocycles. The van der Waals surface area contributed by atoms with Crippen LogP contribution in [-0.2, 0) is 10.1 Å². The van der Waals surface area contributed by atoms with Crippen LogP contribution in [-0.4, -0.2) is 30.6 Å². The van der Waals surface area contributed by atoms with Gasteiger partial charge in [-0.05, 0) is 13.0 Å². The van der Waals surface area contributed by atoms with E-state index in [1.165, 1.54) is 13.0 Å². The van der Waals surface area contributed by atoms with Crippen LogP contribution in [0.25, 0.3) is 0 Å². The molecule has 0 heterocycles. The SMILES string of the molecule is C=CC(N)=NC(C)CS(=O)(=O)O. The minimum absolute atomic E-state index is 0.158. The topological polar surface area (TPSA) is 92.8 Å². The highest BCUT2D eigenvalue weighted by Crippen LogP contribution is 1.94. The molecule has 70 valence electrons. The van der Waals surface area contributed by atoms with Crippen LogP contribution < -0.4 is 5.73 Å². The quantitative estimate of drug-likeness (QED) is 0.366. The summed E-state index contributed by atoms with van der Waals surface area (Å²) in [7, 11) is -3.97. The molecule has 0 aliphatic heterocycles. The minimum atomic E-state index is -3.97. The van der Waals surface area contributed by atoms with Crippen LogP contribution in [0.5, 0.6) is 0 Å². The Hall–Kier alpha value is -0.880. The second kappa shape index (κ2) is 4.22. The number of nitrogens with two attached hydrogens (primary N) is 1. The summed E-state index contributed by atoms with van der Waals surface area (Å²) in [4.78, 5) is 3.72. The Morgan fingerprint density at radius 1 is 1.83 bits per heavy atom. The van der Waals surface area contributed by atoms with E-state index in [1.807, 2.05) is 0 Å². The predicted octanol–water partition coefficient (Wildman–Crippen LogP) is -0.194.